The summed E-state index contributed by atoms with van der Waals surface area (Å²) in [7, 11) is 0. The number of rotatable bonds is 6. The van der Waals surface area contributed by atoms with Crippen molar-refractivity contribution in [1.29, 1.82) is 0 Å². The van der Waals surface area contributed by atoms with Crippen molar-refractivity contribution in [2.45, 2.75) is 83.7 Å². The van der Waals surface area contributed by atoms with Crippen molar-refractivity contribution in [3.63, 3.8) is 0 Å². The molecule has 0 bridgehead atoms. The third kappa shape index (κ3) is 5.43. The van der Waals surface area contributed by atoms with Crippen molar-refractivity contribution in [3.05, 3.63) is 0 Å². The van der Waals surface area contributed by atoms with Gasteiger partial charge in [0.2, 0.25) is 0 Å². The Morgan fingerprint density at radius 1 is 1.00 bits per heavy atom. The highest BCUT2D eigenvalue weighted by Crippen LogP contribution is 2.26. The molecule has 2 fully saturated rings. The van der Waals surface area contributed by atoms with Gasteiger partial charge >= 0.3 is 0 Å². The van der Waals surface area contributed by atoms with E-state index < -0.39 is 0 Å². The first-order chi connectivity index (χ1) is 9.25. The third-order valence-electron chi connectivity index (χ3n) is 5.15. The maximum Gasteiger partial charge on any atom is 0.0195 e. The highest BCUT2D eigenvalue weighted by Gasteiger charge is 2.20. The lowest BCUT2D eigenvalue weighted by atomic mass is 9.87. The summed E-state index contributed by atoms with van der Waals surface area (Å²) in [6, 6.07) is 1.45. The molecule has 1 aliphatic heterocycles. The van der Waals surface area contributed by atoms with Gasteiger partial charge in [0.05, 0.1) is 0 Å². The summed E-state index contributed by atoms with van der Waals surface area (Å²) in [6.07, 6.45) is 13.1. The van der Waals surface area contributed by atoms with Gasteiger partial charge in [-0.25, -0.2) is 0 Å². The van der Waals surface area contributed by atoms with Gasteiger partial charge in [-0.05, 0) is 52.1 Å². The van der Waals surface area contributed by atoms with E-state index in [1.165, 1.54) is 77.4 Å². The lowest BCUT2D eigenvalue weighted by molar-refractivity contribution is 0.166. The molecule has 0 amide bonds. The first kappa shape index (κ1) is 15.3. The summed E-state index contributed by atoms with van der Waals surface area (Å²) in [5, 5.41) is 3.70. The zero-order valence-corrected chi connectivity index (χ0v) is 13.2. The molecule has 0 aromatic carbocycles. The highest BCUT2D eigenvalue weighted by atomic mass is 15.2. The topological polar surface area (TPSA) is 15.3 Å². The van der Waals surface area contributed by atoms with Gasteiger partial charge in [-0.2, -0.15) is 0 Å². The predicted molar refractivity (Wildman–Crippen MR) is 83.5 cm³/mol. The fraction of sp³-hybridized carbons (Fsp3) is 1.00. The van der Waals surface area contributed by atoms with Gasteiger partial charge in [-0.15, -0.1) is 0 Å². The fourth-order valence-electron chi connectivity index (χ4n) is 3.75. The van der Waals surface area contributed by atoms with Crippen LogP contribution in [0.1, 0.15) is 71.6 Å². The molecule has 1 unspecified atom stereocenters. The summed E-state index contributed by atoms with van der Waals surface area (Å²) in [5.74, 6) is 1.02. The molecule has 0 spiro atoms. The average molecular weight is 266 g/mol. The molecule has 0 aromatic rings. The summed E-state index contributed by atoms with van der Waals surface area (Å²) >= 11 is 0. The lowest BCUT2D eigenvalue weighted by Gasteiger charge is -2.34. The summed E-state index contributed by atoms with van der Waals surface area (Å²) in [4.78, 5) is 2.72. The quantitative estimate of drug-likeness (QED) is 0.786. The van der Waals surface area contributed by atoms with E-state index in [4.69, 9.17) is 0 Å². The van der Waals surface area contributed by atoms with Crippen LogP contribution in [0.4, 0.5) is 0 Å². The number of nitrogens with zero attached hydrogens (tertiary/aromatic N) is 1. The van der Waals surface area contributed by atoms with Crippen LogP contribution in [0.25, 0.3) is 0 Å². The van der Waals surface area contributed by atoms with Crippen LogP contribution in [0.5, 0.6) is 0 Å². The van der Waals surface area contributed by atoms with Crippen LogP contribution >= 0.6 is 0 Å². The first-order valence-corrected chi connectivity index (χ1v) is 8.73. The Morgan fingerprint density at radius 3 is 2.37 bits per heavy atom. The average Bonchev–Trinajstić information content (AvgIpc) is 2.45. The SMILES string of the molecule is CC(C)N(CCC1CCCCC1)CC1CCCCN1. The van der Waals surface area contributed by atoms with Gasteiger partial charge < -0.3 is 5.32 Å². The van der Waals surface area contributed by atoms with Gasteiger partial charge in [0, 0.05) is 18.6 Å². The molecular formula is C17H34N2. The molecule has 1 saturated heterocycles. The van der Waals surface area contributed by atoms with Crippen LogP contribution in [-0.2, 0) is 0 Å². The van der Waals surface area contributed by atoms with E-state index in [1.807, 2.05) is 0 Å². The molecule has 0 radical (unpaired) electrons. The Balaban J connectivity index is 1.71. The fourth-order valence-corrected chi connectivity index (χ4v) is 3.75. The summed E-state index contributed by atoms with van der Waals surface area (Å²) < 4.78 is 0. The van der Waals surface area contributed by atoms with E-state index in [-0.39, 0.29) is 0 Å². The molecule has 112 valence electrons. The second-order valence-electron chi connectivity index (χ2n) is 7.03. The maximum absolute atomic E-state index is 3.70. The van der Waals surface area contributed by atoms with E-state index >= 15 is 0 Å². The van der Waals surface area contributed by atoms with Crippen molar-refractivity contribution >= 4 is 0 Å². The van der Waals surface area contributed by atoms with Crippen molar-refractivity contribution in [1.82, 2.24) is 10.2 Å². The van der Waals surface area contributed by atoms with Crippen LogP contribution in [0.15, 0.2) is 0 Å². The molecule has 1 saturated carbocycles. The van der Waals surface area contributed by atoms with E-state index in [0.717, 1.165) is 12.0 Å². The van der Waals surface area contributed by atoms with Gasteiger partial charge in [-0.1, -0.05) is 38.5 Å². The van der Waals surface area contributed by atoms with Gasteiger partial charge in [0.15, 0.2) is 0 Å². The zero-order valence-electron chi connectivity index (χ0n) is 13.2. The minimum Gasteiger partial charge on any atom is -0.313 e. The number of hydrogen-bond acceptors (Lipinski definition) is 2. The largest absolute Gasteiger partial charge is 0.313 e. The number of piperidine rings is 1. The lowest BCUT2D eigenvalue weighted by Crippen LogP contribution is -2.46. The Morgan fingerprint density at radius 2 is 1.74 bits per heavy atom. The van der Waals surface area contributed by atoms with Crippen molar-refractivity contribution < 1.29 is 0 Å². The molecule has 2 rings (SSSR count). The highest BCUT2D eigenvalue weighted by molar-refractivity contribution is 4.78. The molecule has 1 heterocycles. The molecule has 19 heavy (non-hydrogen) atoms. The Hall–Kier alpha value is -0.0800. The van der Waals surface area contributed by atoms with Crippen LogP contribution in [0, 0.1) is 5.92 Å². The molecular weight excluding hydrogens is 232 g/mol. The molecule has 1 aliphatic carbocycles. The standard InChI is InChI=1S/C17H34N2/c1-15(2)19(14-17-10-6-7-12-18-17)13-11-16-8-4-3-5-9-16/h15-18H,3-14H2,1-2H3. The monoisotopic (exact) mass is 266 g/mol. The van der Waals surface area contributed by atoms with Crippen molar-refractivity contribution in [3.8, 4) is 0 Å². The molecule has 1 atom stereocenters. The van der Waals surface area contributed by atoms with Crippen molar-refractivity contribution in [2.24, 2.45) is 5.92 Å². The normalized spacial score (nSPS) is 26.2. The van der Waals surface area contributed by atoms with E-state index in [9.17, 15) is 0 Å². The van der Waals surface area contributed by atoms with Crippen LogP contribution in [0.2, 0.25) is 0 Å². The van der Waals surface area contributed by atoms with Crippen molar-refractivity contribution in [2.75, 3.05) is 19.6 Å². The maximum atomic E-state index is 3.70. The van der Waals surface area contributed by atoms with Gasteiger partial charge in [0.25, 0.3) is 0 Å². The second kappa shape index (κ2) is 8.26. The number of nitrogens with one attached hydrogen (secondary N) is 1. The zero-order chi connectivity index (χ0) is 13.5. The van der Waals surface area contributed by atoms with Crippen LogP contribution in [0.3, 0.4) is 0 Å². The van der Waals surface area contributed by atoms with Crippen LogP contribution < -0.4 is 5.32 Å². The molecule has 0 aromatic heterocycles. The smallest absolute Gasteiger partial charge is 0.0195 e. The van der Waals surface area contributed by atoms with Crippen LogP contribution in [-0.4, -0.2) is 36.6 Å². The number of hydrogen-bond donors (Lipinski definition) is 1. The molecule has 2 heteroatoms. The first-order valence-electron chi connectivity index (χ1n) is 8.73. The van der Waals surface area contributed by atoms with E-state index in [1.54, 1.807) is 0 Å². The molecule has 1 N–H and O–H groups in total. The third-order valence-corrected chi connectivity index (χ3v) is 5.15. The minimum atomic E-state index is 0.701. The minimum absolute atomic E-state index is 0.701. The van der Waals surface area contributed by atoms with E-state index in [2.05, 4.69) is 24.1 Å². The Bertz CT molecular complexity index is 227. The predicted octanol–water partition coefficient (Wildman–Crippen LogP) is 3.81. The second-order valence-corrected chi connectivity index (χ2v) is 7.03. The summed E-state index contributed by atoms with van der Waals surface area (Å²) in [5.41, 5.74) is 0. The van der Waals surface area contributed by atoms with Gasteiger partial charge in [-0.3, -0.25) is 4.90 Å². The summed E-state index contributed by atoms with van der Waals surface area (Å²) in [6.45, 7) is 8.55. The Labute approximate surface area is 120 Å². The molecule has 2 nitrogen and oxygen atoms in total. The Kier molecular flexibility index (Phi) is 6.66. The van der Waals surface area contributed by atoms with E-state index in [0.29, 0.717) is 6.04 Å². The van der Waals surface area contributed by atoms with Gasteiger partial charge in [0.1, 0.15) is 0 Å². The molecule has 2 aliphatic rings.